The molecule has 1 aromatic carbocycles. The summed E-state index contributed by atoms with van der Waals surface area (Å²) in [6.07, 6.45) is 1.20. The first kappa shape index (κ1) is 12.6. The van der Waals surface area contributed by atoms with Gasteiger partial charge in [0.1, 0.15) is 5.82 Å². The van der Waals surface area contributed by atoms with Gasteiger partial charge in [-0.25, -0.2) is 4.39 Å². The monoisotopic (exact) mass is 224 g/mol. The second kappa shape index (κ2) is 6.23. The second-order valence-electron chi connectivity index (χ2n) is 3.66. The van der Waals surface area contributed by atoms with Crippen molar-refractivity contribution < 1.29 is 9.18 Å². The van der Waals surface area contributed by atoms with E-state index in [0.717, 1.165) is 0 Å². The maximum Gasteiger partial charge on any atom is 0.234 e. The average Bonchev–Trinajstić information content (AvgIpc) is 2.26. The molecule has 0 aliphatic carbocycles. The Morgan fingerprint density at radius 3 is 2.75 bits per heavy atom. The minimum Gasteiger partial charge on any atom is -0.368 e. The topological polar surface area (TPSA) is 55.1 Å². The number of carbonyl (C=O) groups is 1. The molecular formula is C12H17FN2O. The van der Waals surface area contributed by atoms with Crippen LogP contribution in [0.15, 0.2) is 24.3 Å². The van der Waals surface area contributed by atoms with E-state index in [0.29, 0.717) is 24.9 Å². The number of nitrogens with two attached hydrogens (primary N) is 1. The molecule has 0 saturated carbocycles. The molecule has 0 saturated heterocycles. The number of nitrogens with one attached hydrogen (secondary N) is 1. The van der Waals surface area contributed by atoms with Gasteiger partial charge >= 0.3 is 0 Å². The van der Waals surface area contributed by atoms with Gasteiger partial charge in [0.15, 0.2) is 0 Å². The largest absolute Gasteiger partial charge is 0.368 e. The maximum atomic E-state index is 13.2. The van der Waals surface area contributed by atoms with E-state index >= 15 is 0 Å². The van der Waals surface area contributed by atoms with Crippen LogP contribution in [0.4, 0.5) is 4.39 Å². The van der Waals surface area contributed by atoms with Gasteiger partial charge in [-0.2, -0.15) is 0 Å². The second-order valence-corrected chi connectivity index (χ2v) is 3.66. The van der Waals surface area contributed by atoms with Gasteiger partial charge < -0.3 is 11.1 Å². The molecule has 88 valence electrons. The van der Waals surface area contributed by atoms with Crippen molar-refractivity contribution in [2.24, 2.45) is 5.73 Å². The molecule has 1 rings (SSSR count). The molecule has 0 radical (unpaired) electrons. The number of carbonyl (C=O) groups excluding carboxylic acids is 1. The molecule has 1 atom stereocenters. The Labute approximate surface area is 94.8 Å². The molecule has 16 heavy (non-hydrogen) atoms. The molecule has 0 spiro atoms. The third kappa shape index (κ3) is 3.62. The Bertz CT molecular complexity index is 355. The van der Waals surface area contributed by atoms with Gasteiger partial charge in [0.05, 0.1) is 6.04 Å². The van der Waals surface area contributed by atoms with Gasteiger partial charge in [-0.05, 0) is 24.5 Å². The van der Waals surface area contributed by atoms with Crippen LogP contribution in [0, 0.1) is 5.82 Å². The molecule has 3 N–H and O–H groups in total. The lowest BCUT2D eigenvalue weighted by atomic mass is 10.1. The first-order chi connectivity index (χ1) is 7.65. The van der Waals surface area contributed by atoms with Crippen LogP contribution in [-0.2, 0) is 11.2 Å². The lowest BCUT2D eigenvalue weighted by Crippen LogP contribution is -2.41. The molecule has 0 bridgehead atoms. The number of halogens is 1. The van der Waals surface area contributed by atoms with E-state index in [1.54, 1.807) is 18.2 Å². The van der Waals surface area contributed by atoms with Crippen molar-refractivity contribution in [3.63, 3.8) is 0 Å². The van der Waals surface area contributed by atoms with Crippen molar-refractivity contribution in [1.82, 2.24) is 5.32 Å². The zero-order chi connectivity index (χ0) is 12.0. The van der Waals surface area contributed by atoms with E-state index < -0.39 is 0 Å². The number of benzene rings is 1. The minimum absolute atomic E-state index is 0.212. The Morgan fingerprint density at radius 2 is 2.19 bits per heavy atom. The number of hydrogen-bond acceptors (Lipinski definition) is 2. The molecule has 1 aromatic rings. The van der Waals surface area contributed by atoms with Crippen molar-refractivity contribution in [2.45, 2.75) is 25.8 Å². The smallest absolute Gasteiger partial charge is 0.234 e. The van der Waals surface area contributed by atoms with Crippen LogP contribution in [0.2, 0.25) is 0 Å². The first-order valence-electron chi connectivity index (χ1n) is 5.41. The Hall–Kier alpha value is -1.42. The highest BCUT2D eigenvalue weighted by atomic mass is 19.1. The predicted molar refractivity (Wildman–Crippen MR) is 61.4 cm³/mol. The van der Waals surface area contributed by atoms with Gasteiger partial charge in [0.2, 0.25) is 5.91 Å². The SMILES string of the molecule is CCC(NCCc1ccccc1F)C(N)=O. The van der Waals surface area contributed by atoms with Crippen LogP contribution >= 0.6 is 0 Å². The molecule has 0 heterocycles. The third-order valence-electron chi connectivity index (χ3n) is 2.49. The summed E-state index contributed by atoms with van der Waals surface area (Å²) < 4.78 is 13.2. The highest BCUT2D eigenvalue weighted by Gasteiger charge is 2.11. The van der Waals surface area contributed by atoms with E-state index in [4.69, 9.17) is 5.73 Å². The number of hydrogen-bond donors (Lipinski definition) is 2. The maximum absolute atomic E-state index is 13.2. The molecule has 0 fully saturated rings. The molecule has 1 amide bonds. The molecule has 0 aliphatic heterocycles. The zero-order valence-corrected chi connectivity index (χ0v) is 9.37. The Kier molecular flexibility index (Phi) is 4.92. The Balaban J connectivity index is 2.41. The summed E-state index contributed by atoms with van der Waals surface area (Å²) in [5, 5.41) is 3.00. The standard InChI is InChI=1S/C12H17FN2O/c1-2-11(12(14)16)15-8-7-9-5-3-4-6-10(9)13/h3-6,11,15H,2,7-8H2,1H3,(H2,14,16). The minimum atomic E-state index is -0.365. The van der Waals surface area contributed by atoms with E-state index in [1.807, 2.05) is 6.92 Å². The third-order valence-corrected chi connectivity index (χ3v) is 2.49. The molecule has 3 nitrogen and oxygen atoms in total. The molecule has 4 heteroatoms. The van der Waals surface area contributed by atoms with Crippen molar-refractivity contribution >= 4 is 5.91 Å². The summed E-state index contributed by atoms with van der Waals surface area (Å²) in [6, 6.07) is 6.30. The summed E-state index contributed by atoms with van der Waals surface area (Å²) in [4.78, 5) is 10.9. The van der Waals surface area contributed by atoms with Gasteiger partial charge in [-0.15, -0.1) is 0 Å². The van der Waals surface area contributed by atoms with Crippen molar-refractivity contribution in [1.29, 1.82) is 0 Å². The predicted octanol–water partition coefficient (Wildman–Crippen LogP) is 1.22. The van der Waals surface area contributed by atoms with Gasteiger partial charge in [0, 0.05) is 6.54 Å². The number of primary amides is 1. The molecule has 0 aliphatic rings. The fourth-order valence-electron chi connectivity index (χ4n) is 1.53. The first-order valence-corrected chi connectivity index (χ1v) is 5.41. The normalized spacial score (nSPS) is 12.4. The number of rotatable bonds is 6. The summed E-state index contributed by atoms with van der Waals surface area (Å²) in [6.45, 7) is 2.42. The summed E-state index contributed by atoms with van der Waals surface area (Å²) in [7, 11) is 0. The molecular weight excluding hydrogens is 207 g/mol. The lowest BCUT2D eigenvalue weighted by molar-refractivity contribution is -0.120. The fourth-order valence-corrected chi connectivity index (χ4v) is 1.53. The van der Waals surface area contributed by atoms with Crippen LogP contribution in [0.5, 0.6) is 0 Å². The van der Waals surface area contributed by atoms with Crippen LogP contribution < -0.4 is 11.1 Å². The summed E-state index contributed by atoms with van der Waals surface area (Å²) in [5.41, 5.74) is 5.83. The lowest BCUT2D eigenvalue weighted by Gasteiger charge is -2.12. The average molecular weight is 224 g/mol. The zero-order valence-electron chi connectivity index (χ0n) is 9.37. The van der Waals surface area contributed by atoms with E-state index in [1.165, 1.54) is 6.07 Å². The van der Waals surface area contributed by atoms with E-state index in [-0.39, 0.29) is 17.8 Å². The summed E-state index contributed by atoms with van der Waals surface area (Å²) >= 11 is 0. The van der Waals surface area contributed by atoms with E-state index in [9.17, 15) is 9.18 Å². The molecule has 0 aromatic heterocycles. The molecule has 1 unspecified atom stereocenters. The highest BCUT2D eigenvalue weighted by molar-refractivity contribution is 5.79. The highest BCUT2D eigenvalue weighted by Crippen LogP contribution is 2.06. The van der Waals surface area contributed by atoms with Gasteiger partial charge in [0.25, 0.3) is 0 Å². The quantitative estimate of drug-likeness (QED) is 0.763. The van der Waals surface area contributed by atoms with Crippen LogP contribution in [0.25, 0.3) is 0 Å². The van der Waals surface area contributed by atoms with Crippen molar-refractivity contribution in [3.05, 3.63) is 35.6 Å². The van der Waals surface area contributed by atoms with Crippen molar-refractivity contribution in [2.75, 3.05) is 6.54 Å². The van der Waals surface area contributed by atoms with Gasteiger partial charge in [-0.3, -0.25) is 4.79 Å². The Morgan fingerprint density at radius 1 is 1.50 bits per heavy atom. The number of amides is 1. The van der Waals surface area contributed by atoms with Gasteiger partial charge in [-0.1, -0.05) is 25.1 Å². The van der Waals surface area contributed by atoms with Crippen LogP contribution in [0.3, 0.4) is 0 Å². The van der Waals surface area contributed by atoms with Crippen LogP contribution in [0.1, 0.15) is 18.9 Å². The van der Waals surface area contributed by atoms with Crippen molar-refractivity contribution in [3.8, 4) is 0 Å². The fraction of sp³-hybridized carbons (Fsp3) is 0.417. The van der Waals surface area contributed by atoms with E-state index in [2.05, 4.69) is 5.32 Å². The summed E-state index contributed by atoms with van der Waals surface area (Å²) in [5.74, 6) is -0.576. The van der Waals surface area contributed by atoms with Crippen LogP contribution in [-0.4, -0.2) is 18.5 Å².